The van der Waals surface area contributed by atoms with Gasteiger partial charge in [0.15, 0.2) is 0 Å². The third-order valence-corrected chi connectivity index (χ3v) is 12.4. The first kappa shape index (κ1) is 41.5. The van der Waals surface area contributed by atoms with E-state index in [1.54, 1.807) is 0 Å². The van der Waals surface area contributed by atoms with Crippen LogP contribution in [0, 0.1) is 6.33 Å². The monoisotopic (exact) mass is 588 g/mol. The van der Waals surface area contributed by atoms with E-state index in [0.717, 1.165) is 0 Å². The quantitative estimate of drug-likeness (QED) is 0.109. The molecule has 0 atom stereocenters. The molecule has 0 spiro atoms. The summed E-state index contributed by atoms with van der Waals surface area (Å²) in [4.78, 5) is 0. The molecule has 0 N–H and O–H groups in total. The average Bonchev–Trinajstić information content (AvgIpc) is 2.72. The second-order valence-electron chi connectivity index (χ2n) is 5.76. The van der Waals surface area contributed by atoms with E-state index in [2.05, 4.69) is 62.3 Å². The molecule has 0 aromatic carbocycles. The summed E-state index contributed by atoms with van der Waals surface area (Å²) in [7, 11) is 1.34. The smallest absolute Gasteiger partial charge is 0.411 e. The van der Waals surface area contributed by atoms with Gasteiger partial charge in [-0.2, -0.15) is 13.2 Å². The predicted molar refractivity (Wildman–Crippen MR) is 131 cm³/mol. The number of rotatable bonds is 9. The van der Waals surface area contributed by atoms with Crippen LogP contribution in [0.1, 0.15) is 62.3 Å². The largest absolute Gasteiger partial charge is 0.455 e. The van der Waals surface area contributed by atoms with Gasteiger partial charge < -0.3 is 4.39 Å². The zero-order valence-corrected chi connectivity index (χ0v) is 24.8. The van der Waals surface area contributed by atoms with Gasteiger partial charge in [0.2, 0.25) is 0 Å². The Balaban J connectivity index is -0.0000000917. The zero-order chi connectivity index (χ0) is 23.9. The third-order valence-electron chi connectivity index (χ3n) is 4.36. The average molecular weight is 588 g/mol. The van der Waals surface area contributed by atoms with Crippen molar-refractivity contribution in [2.75, 3.05) is 55.5 Å². The molecule has 0 heterocycles. The summed E-state index contributed by atoms with van der Waals surface area (Å²) in [6.45, 7) is 20.6. The van der Waals surface area contributed by atoms with Crippen molar-refractivity contribution < 1.29 is 41.4 Å². The molecule has 0 saturated carbocycles. The summed E-state index contributed by atoms with van der Waals surface area (Å²) < 4.78 is 53.6. The van der Waals surface area contributed by atoms with Gasteiger partial charge >= 0.3 is 6.18 Å². The molecule has 0 aromatic heterocycles. The van der Waals surface area contributed by atoms with Crippen molar-refractivity contribution in [1.29, 1.82) is 0 Å². The Hall–Kier alpha value is 1.30. The molecule has 0 aliphatic heterocycles. The molecule has 0 saturated heterocycles. The van der Waals surface area contributed by atoms with Crippen LogP contribution >= 0.6 is 23.8 Å². The Morgan fingerprint density at radius 2 is 0.733 bits per heavy atom. The van der Waals surface area contributed by atoms with Crippen molar-refractivity contribution in [2.24, 2.45) is 0 Å². The zero-order valence-electron chi connectivity index (χ0n) is 20.4. The summed E-state index contributed by atoms with van der Waals surface area (Å²) in [6, 6.07) is 0. The fourth-order valence-corrected chi connectivity index (χ4v) is 6.09. The maximum Gasteiger partial charge on any atom is 0.411 e. The van der Waals surface area contributed by atoms with Crippen molar-refractivity contribution in [2.45, 2.75) is 68.5 Å². The Morgan fingerprint density at radius 3 is 0.733 bits per heavy atom. The van der Waals surface area contributed by atoms with Gasteiger partial charge in [-0.3, -0.25) is 6.33 Å². The van der Waals surface area contributed by atoms with Gasteiger partial charge in [-0.25, -0.2) is 4.39 Å². The number of hydrogen-bond donors (Lipinski definition) is 0. The molecule has 0 rings (SSSR count). The molecule has 30 heavy (non-hydrogen) atoms. The van der Waals surface area contributed by atoms with E-state index < -0.39 is 12.0 Å². The Labute approximate surface area is 201 Å². The molecule has 0 amide bonds. The van der Waals surface area contributed by atoms with Crippen LogP contribution in [0.3, 0.4) is 0 Å². The summed E-state index contributed by atoms with van der Waals surface area (Å²) in [5, 5.41) is 0. The molecule has 9 heteroatoms. The maximum atomic E-state index is 10.9. The van der Waals surface area contributed by atoms with Crippen molar-refractivity contribution in [3.05, 3.63) is 12.2 Å². The van der Waals surface area contributed by atoms with E-state index in [1.807, 2.05) is 0 Å². The molecular formula is C21H45F5P3Rh-. The Kier molecular flexibility index (Phi) is 42.0. The number of halogens is 5. The van der Waals surface area contributed by atoms with Crippen LogP contribution in [0.25, 0.3) is 0 Å². The predicted octanol–water partition coefficient (Wildman–Crippen LogP) is 9.71. The second kappa shape index (κ2) is 30.3. The number of allylic oxidation sites excluding steroid dienone is 1. The minimum atomic E-state index is -5.23. The van der Waals surface area contributed by atoms with Crippen LogP contribution in [0.2, 0.25) is 0 Å². The number of alkyl halides is 3. The van der Waals surface area contributed by atoms with E-state index in [4.69, 9.17) is 0 Å². The van der Waals surface area contributed by atoms with Gasteiger partial charge in [-0.05, 0) is 55.5 Å². The van der Waals surface area contributed by atoms with Crippen molar-refractivity contribution in [1.82, 2.24) is 0 Å². The number of hydrogen-bond acceptors (Lipinski definition) is 0. The Morgan fingerprint density at radius 1 is 0.567 bits per heavy atom. The van der Waals surface area contributed by atoms with Crippen molar-refractivity contribution >= 4 is 23.8 Å². The first-order valence-corrected chi connectivity index (χ1v) is 16.3. The topological polar surface area (TPSA) is 0 Å². The normalized spacial score (nSPS) is 11.0. The van der Waals surface area contributed by atoms with Crippen molar-refractivity contribution in [3.8, 4) is 0 Å². The van der Waals surface area contributed by atoms with Crippen LogP contribution in [0.15, 0.2) is 5.83 Å². The standard InChI is InChI=1S/3C6H15P.C3F5.Rh/c3*1-4-7(5-2)6-3;4-1-2(5)3(6,7)8;/h3*4-6H2,1-3H3;;/q;;;-1;. The summed E-state index contributed by atoms with van der Waals surface area (Å²) in [6.07, 6.45) is 7.37. The Bertz CT molecular complexity index is 286. The molecule has 0 fully saturated rings. The minimum absolute atomic E-state index is 0. The molecule has 0 unspecified atom stereocenters. The van der Waals surface area contributed by atoms with Crippen molar-refractivity contribution in [3.63, 3.8) is 0 Å². The fraction of sp³-hybridized carbons (Fsp3) is 0.905. The SMILES string of the molecule is CCP(CC)CC.CCP(CC)CC.CCP(CC)CC.F[C-]=C(F)C(F)(F)F.[Rh]. The van der Waals surface area contributed by atoms with E-state index in [-0.39, 0.29) is 25.8 Å². The van der Waals surface area contributed by atoms with Crippen LogP contribution < -0.4 is 0 Å². The van der Waals surface area contributed by atoms with Crippen LogP contribution in [-0.4, -0.2) is 61.6 Å². The molecule has 0 aromatic rings. The summed E-state index contributed by atoms with van der Waals surface area (Å²) in [5.41, 5.74) is 0. The summed E-state index contributed by atoms with van der Waals surface area (Å²) in [5.74, 6) is -2.84. The van der Waals surface area contributed by atoms with Crippen LogP contribution in [0.4, 0.5) is 22.0 Å². The summed E-state index contributed by atoms with van der Waals surface area (Å²) >= 11 is 0. The van der Waals surface area contributed by atoms with Gasteiger partial charge in [0.05, 0.1) is 5.83 Å². The molecule has 189 valence electrons. The molecule has 0 aliphatic carbocycles. The van der Waals surface area contributed by atoms with Gasteiger partial charge in [0.25, 0.3) is 0 Å². The van der Waals surface area contributed by atoms with Gasteiger partial charge in [-0.15, -0.1) is 23.8 Å². The van der Waals surface area contributed by atoms with E-state index in [0.29, 0.717) is 23.8 Å². The molecule has 0 aliphatic rings. The first-order chi connectivity index (χ1) is 13.5. The molecular weight excluding hydrogens is 543 g/mol. The van der Waals surface area contributed by atoms with E-state index in [1.165, 1.54) is 55.5 Å². The molecule has 0 nitrogen and oxygen atoms in total. The molecule has 1 radical (unpaired) electrons. The van der Waals surface area contributed by atoms with Crippen LogP contribution in [0.5, 0.6) is 0 Å². The van der Waals surface area contributed by atoms with E-state index >= 15 is 0 Å². The van der Waals surface area contributed by atoms with Crippen LogP contribution in [-0.2, 0) is 19.5 Å². The molecule has 0 bridgehead atoms. The van der Waals surface area contributed by atoms with E-state index in [9.17, 15) is 22.0 Å². The maximum absolute atomic E-state index is 10.9. The van der Waals surface area contributed by atoms with Gasteiger partial charge in [0.1, 0.15) is 0 Å². The van der Waals surface area contributed by atoms with Gasteiger partial charge in [0, 0.05) is 19.5 Å². The minimum Gasteiger partial charge on any atom is -0.455 e. The third kappa shape index (κ3) is 31.5. The fourth-order valence-electron chi connectivity index (χ4n) is 2.07. The first-order valence-electron chi connectivity index (χ1n) is 10.7. The second-order valence-corrected chi connectivity index (χ2v) is 15.5. The van der Waals surface area contributed by atoms with Gasteiger partial charge in [-0.1, -0.05) is 62.3 Å².